The van der Waals surface area contributed by atoms with Crippen molar-refractivity contribution < 1.29 is 14.3 Å². The summed E-state index contributed by atoms with van der Waals surface area (Å²) in [5.74, 6) is -0.437. The Balaban J connectivity index is 2.00. The summed E-state index contributed by atoms with van der Waals surface area (Å²) < 4.78 is 5.39. The number of nitrogens with zero attached hydrogens (tertiary/aromatic N) is 1. The van der Waals surface area contributed by atoms with Crippen LogP contribution in [0.2, 0.25) is 0 Å². The molecule has 0 radical (unpaired) electrons. The molecule has 23 heavy (non-hydrogen) atoms. The highest BCUT2D eigenvalue weighted by Gasteiger charge is 2.30. The molecule has 126 valence electrons. The number of carbonyl (C=O) groups excluding carboxylic acids is 2. The van der Waals surface area contributed by atoms with Gasteiger partial charge in [0.05, 0.1) is 0 Å². The van der Waals surface area contributed by atoms with Crippen LogP contribution in [-0.2, 0) is 4.74 Å². The Labute approximate surface area is 137 Å². The largest absolute Gasteiger partial charge is 0.444 e. The summed E-state index contributed by atoms with van der Waals surface area (Å²) >= 11 is 0. The first-order chi connectivity index (χ1) is 10.7. The van der Waals surface area contributed by atoms with Crippen LogP contribution >= 0.6 is 0 Å². The number of likely N-dealkylation sites (tertiary alicyclic amines) is 1. The van der Waals surface area contributed by atoms with Crippen LogP contribution in [0.15, 0.2) is 18.2 Å². The van der Waals surface area contributed by atoms with Crippen molar-refractivity contribution in [3.63, 3.8) is 0 Å². The van der Waals surface area contributed by atoms with E-state index in [-0.39, 0.29) is 12.1 Å². The SMILES string of the molecule is Cc1c(NC2CCN(C(=O)OC(C)(C)C)C2)cccc1C(N)=O. The molecule has 6 nitrogen and oxygen atoms in total. The standard InChI is InChI=1S/C17H25N3O3/c1-11-13(15(18)21)6-5-7-14(11)19-12-8-9-20(10-12)16(22)23-17(2,3)4/h5-7,12,19H,8-10H2,1-4H3,(H2,18,21). The van der Waals surface area contributed by atoms with Crippen LogP contribution < -0.4 is 11.1 Å². The van der Waals surface area contributed by atoms with Crippen molar-refractivity contribution in [3.8, 4) is 0 Å². The molecule has 0 saturated carbocycles. The van der Waals surface area contributed by atoms with E-state index in [0.717, 1.165) is 17.7 Å². The van der Waals surface area contributed by atoms with E-state index in [9.17, 15) is 9.59 Å². The van der Waals surface area contributed by atoms with E-state index in [1.807, 2.05) is 33.8 Å². The summed E-state index contributed by atoms with van der Waals surface area (Å²) in [7, 11) is 0. The maximum Gasteiger partial charge on any atom is 0.410 e. The number of carbonyl (C=O) groups is 2. The predicted octanol–water partition coefficient (Wildman–Crippen LogP) is 2.52. The molecule has 0 spiro atoms. The molecule has 0 bridgehead atoms. The number of amides is 2. The second kappa shape index (κ2) is 6.48. The van der Waals surface area contributed by atoms with Gasteiger partial charge in [-0.2, -0.15) is 0 Å². The lowest BCUT2D eigenvalue weighted by Gasteiger charge is -2.24. The highest BCUT2D eigenvalue weighted by Crippen LogP contribution is 2.23. The first-order valence-electron chi connectivity index (χ1n) is 7.81. The van der Waals surface area contributed by atoms with Gasteiger partial charge in [-0.3, -0.25) is 4.79 Å². The van der Waals surface area contributed by atoms with Gasteiger partial charge in [0.25, 0.3) is 0 Å². The normalized spacial score (nSPS) is 17.9. The molecule has 1 fully saturated rings. The molecule has 2 rings (SSSR count). The van der Waals surface area contributed by atoms with Gasteiger partial charge in [0.15, 0.2) is 0 Å². The fraction of sp³-hybridized carbons (Fsp3) is 0.529. The second-order valence-electron chi connectivity index (χ2n) is 6.90. The number of benzene rings is 1. The average Bonchev–Trinajstić information content (AvgIpc) is 2.87. The van der Waals surface area contributed by atoms with E-state index in [1.165, 1.54) is 0 Å². The minimum Gasteiger partial charge on any atom is -0.444 e. The van der Waals surface area contributed by atoms with Gasteiger partial charge >= 0.3 is 6.09 Å². The van der Waals surface area contributed by atoms with E-state index in [4.69, 9.17) is 10.5 Å². The lowest BCUT2D eigenvalue weighted by atomic mass is 10.1. The smallest absolute Gasteiger partial charge is 0.410 e. The number of ether oxygens (including phenoxy) is 1. The van der Waals surface area contributed by atoms with Crippen LogP contribution in [0.1, 0.15) is 43.1 Å². The Morgan fingerprint density at radius 2 is 2.04 bits per heavy atom. The Morgan fingerprint density at radius 1 is 1.35 bits per heavy atom. The van der Waals surface area contributed by atoms with Crippen molar-refractivity contribution in [1.82, 2.24) is 4.90 Å². The maximum atomic E-state index is 12.1. The molecule has 1 saturated heterocycles. The molecule has 1 aromatic carbocycles. The summed E-state index contributed by atoms with van der Waals surface area (Å²) in [4.78, 5) is 25.2. The molecule has 1 aliphatic heterocycles. The predicted molar refractivity (Wildman–Crippen MR) is 89.5 cm³/mol. The molecule has 6 heteroatoms. The minimum atomic E-state index is -0.491. The molecular formula is C17H25N3O3. The first-order valence-corrected chi connectivity index (χ1v) is 7.81. The summed E-state index contributed by atoms with van der Waals surface area (Å²) in [5, 5.41) is 3.39. The minimum absolute atomic E-state index is 0.129. The number of hydrogen-bond donors (Lipinski definition) is 2. The zero-order valence-electron chi connectivity index (χ0n) is 14.2. The van der Waals surface area contributed by atoms with Gasteiger partial charge in [0.1, 0.15) is 5.60 Å². The number of nitrogens with one attached hydrogen (secondary N) is 1. The molecule has 1 atom stereocenters. The zero-order chi connectivity index (χ0) is 17.2. The van der Waals surface area contributed by atoms with Gasteiger partial charge in [-0.25, -0.2) is 4.79 Å². The molecular weight excluding hydrogens is 294 g/mol. The van der Waals surface area contributed by atoms with Crippen LogP contribution in [0.25, 0.3) is 0 Å². The first kappa shape index (κ1) is 17.1. The highest BCUT2D eigenvalue weighted by atomic mass is 16.6. The Bertz CT molecular complexity index is 608. The van der Waals surface area contributed by atoms with Crippen molar-refractivity contribution in [2.24, 2.45) is 5.73 Å². The van der Waals surface area contributed by atoms with Crippen LogP contribution in [0.5, 0.6) is 0 Å². The number of nitrogens with two attached hydrogens (primary N) is 1. The van der Waals surface area contributed by atoms with E-state index in [0.29, 0.717) is 18.7 Å². The van der Waals surface area contributed by atoms with Crippen LogP contribution in [0.4, 0.5) is 10.5 Å². The number of rotatable bonds is 3. The van der Waals surface area contributed by atoms with Crippen LogP contribution in [-0.4, -0.2) is 41.6 Å². The summed E-state index contributed by atoms with van der Waals surface area (Å²) in [6.45, 7) is 8.67. The molecule has 0 aliphatic carbocycles. The fourth-order valence-electron chi connectivity index (χ4n) is 2.65. The molecule has 1 unspecified atom stereocenters. The van der Waals surface area contributed by atoms with Crippen molar-refractivity contribution in [2.45, 2.75) is 45.8 Å². The van der Waals surface area contributed by atoms with Crippen LogP contribution in [0.3, 0.4) is 0 Å². The van der Waals surface area contributed by atoms with Crippen molar-refractivity contribution in [2.75, 3.05) is 18.4 Å². The van der Waals surface area contributed by atoms with E-state index in [1.54, 1.807) is 17.0 Å². The van der Waals surface area contributed by atoms with Crippen molar-refractivity contribution in [3.05, 3.63) is 29.3 Å². The van der Waals surface area contributed by atoms with Crippen LogP contribution in [0, 0.1) is 6.92 Å². The van der Waals surface area contributed by atoms with E-state index >= 15 is 0 Å². The Kier molecular flexibility index (Phi) is 4.82. The second-order valence-corrected chi connectivity index (χ2v) is 6.90. The molecule has 0 aromatic heterocycles. The molecule has 1 aromatic rings. The third-order valence-corrected chi connectivity index (χ3v) is 3.80. The fourth-order valence-corrected chi connectivity index (χ4v) is 2.65. The number of hydrogen-bond acceptors (Lipinski definition) is 4. The van der Waals surface area contributed by atoms with Gasteiger partial charge in [-0.05, 0) is 51.8 Å². The number of anilines is 1. The van der Waals surface area contributed by atoms with Crippen molar-refractivity contribution >= 4 is 17.7 Å². The average molecular weight is 319 g/mol. The molecule has 1 aliphatic rings. The van der Waals surface area contributed by atoms with E-state index < -0.39 is 11.5 Å². The van der Waals surface area contributed by atoms with Gasteiger partial charge in [0.2, 0.25) is 5.91 Å². The third kappa shape index (κ3) is 4.37. The van der Waals surface area contributed by atoms with Gasteiger partial charge in [-0.15, -0.1) is 0 Å². The number of primary amides is 1. The topological polar surface area (TPSA) is 84.7 Å². The summed E-state index contributed by atoms with van der Waals surface area (Å²) in [6, 6.07) is 5.56. The highest BCUT2D eigenvalue weighted by molar-refractivity contribution is 5.95. The molecule has 3 N–H and O–H groups in total. The Hall–Kier alpha value is -2.24. The quantitative estimate of drug-likeness (QED) is 0.896. The summed E-state index contributed by atoms with van der Waals surface area (Å²) in [6.07, 6.45) is 0.545. The lowest BCUT2D eigenvalue weighted by molar-refractivity contribution is 0.0293. The molecule has 2 amide bonds. The lowest BCUT2D eigenvalue weighted by Crippen LogP contribution is -2.36. The maximum absolute atomic E-state index is 12.1. The summed E-state index contributed by atoms with van der Waals surface area (Å²) in [5.41, 5.74) is 7.10. The zero-order valence-corrected chi connectivity index (χ0v) is 14.2. The van der Waals surface area contributed by atoms with Crippen molar-refractivity contribution in [1.29, 1.82) is 0 Å². The van der Waals surface area contributed by atoms with Gasteiger partial charge < -0.3 is 20.7 Å². The Morgan fingerprint density at radius 3 is 2.65 bits per heavy atom. The third-order valence-electron chi connectivity index (χ3n) is 3.80. The molecule has 1 heterocycles. The monoisotopic (exact) mass is 319 g/mol. The van der Waals surface area contributed by atoms with Gasteiger partial charge in [-0.1, -0.05) is 6.07 Å². The van der Waals surface area contributed by atoms with E-state index in [2.05, 4.69) is 5.32 Å². The van der Waals surface area contributed by atoms with Gasteiger partial charge in [0, 0.05) is 30.4 Å².